The average Bonchev–Trinajstić information content (AvgIpc) is 3.31. The zero-order valence-electron chi connectivity index (χ0n) is 14.4. The second-order valence-electron chi connectivity index (χ2n) is 5.95. The number of aromatic nitrogens is 1. The molecule has 4 aromatic rings. The summed E-state index contributed by atoms with van der Waals surface area (Å²) in [5.74, 6) is -0.308. The van der Waals surface area contributed by atoms with Crippen LogP contribution < -0.4 is 10.6 Å². The molecule has 0 aliphatic rings. The molecule has 6 nitrogen and oxygen atoms in total. The lowest BCUT2D eigenvalue weighted by molar-refractivity contribution is 0.0994. The number of aryl methyl sites for hydroxylation is 1. The van der Waals surface area contributed by atoms with Crippen LogP contribution in [0.1, 0.15) is 26.5 Å². The quantitative estimate of drug-likeness (QED) is 0.540. The van der Waals surface area contributed by atoms with Crippen molar-refractivity contribution in [2.24, 2.45) is 0 Å². The van der Waals surface area contributed by atoms with E-state index in [0.717, 1.165) is 15.8 Å². The average molecular weight is 377 g/mol. The summed E-state index contributed by atoms with van der Waals surface area (Å²) in [6, 6.07) is 16.0. The predicted molar refractivity (Wildman–Crippen MR) is 105 cm³/mol. The summed E-state index contributed by atoms with van der Waals surface area (Å²) in [5, 5.41) is 6.06. The highest BCUT2D eigenvalue weighted by molar-refractivity contribution is 7.22. The lowest BCUT2D eigenvalue weighted by Crippen LogP contribution is -2.11. The van der Waals surface area contributed by atoms with Crippen LogP contribution in [-0.2, 0) is 0 Å². The number of carbonyl (C=O) groups is 2. The van der Waals surface area contributed by atoms with Gasteiger partial charge in [-0.05, 0) is 49.4 Å². The van der Waals surface area contributed by atoms with Gasteiger partial charge in [0.1, 0.15) is 0 Å². The van der Waals surface area contributed by atoms with Gasteiger partial charge in [-0.15, -0.1) is 0 Å². The van der Waals surface area contributed by atoms with Gasteiger partial charge in [-0.1, -0.05) is 29.0 Å². The molecule has 27 heavy (non-hydrogen) atoms. The number of nitrogens with one attached hydrogen (secondary N) is 2. The zero-order chi connectivity index (χ0) is 18.8. The van der Waals surface area contributed by atoms with Crippen LogP contribution in [0.25, 0.3) is 10.2 Å². The lowest BCUT2D eigenvalue weighted by atomic mass is 10.1. The molecule has 0 saturated carbocycles. The standard InChI is InChI=1S/C20H15N3O3S/c1-12-4-6-13(7-5-12)18(24)21-14-8-9-15-17(11-14)27-20(22-15)23-19(25)16-3-2-10-26-16/h2-11H,1H3,(H,21,24)(H,22,23,25). The van der Waals surface area contributed by atoms with Crippen molar-refractivity contribution < 1.29 is 14.0 Å². The van der Waals surface area contributed by atoms with E-state index in [1.54, 1.807) is 36.4 Å². The van der Waals surface area contributed by atoms with Crippen LogP contribution in [-0.4, -0.2) is 16.8 Å². The maximum Gasteiger partial charge on any atom is 0.293 e. The van der Waals surface area contributed by atoms with Crippen molar-refractivity contribution in [3.8, 4) is 0 Å². The number of rotatable bonds is 4. The Morgan fingerprint density at radius 3 is 2.56 bits per heavy atom. The van der Waals surface area contributed by atoms with E-state index in [2.05, 4.69) is 15.6 Å². The Kier molecular flexibility index (Phi) is 4.43. The highest BCUT2D eigenvalue weighted by Crippen LogP contribution is 2.29. The van der Waals surface area contributed by atoms with E-state index in [1.807, 2.05) is 25.1 Å². The molecule has 134 valence electrons. The van der Waals surface area contributed by atoms with Crippen molar-refractivity contribution in [1.29, 1.82) is 0 Å². The first-order chi connectivity index (χ1) is 13.1. The summed E-state index contributed by atoms with van der Waals surface area (Å²) in [6.07, 6.45) is 1.44. The zero-order valence-corrected chi connectivity index (χ0v) is 15.2. The molecule has 2 heterocycles. The summed E-state index contributed by atoms with van der Waals surface area (Å²) in [5.41, 5.74) is 3.10. The van der Waals surface area contributed by atoms with E-state index in [-0.39, 0.29) is 17.6 Å². The van der Waals surface area contributed by atoms with Gasteiger partial charge in [-0.3, -0.25) is 14.9 Å². The Morgan fingerprint density at radius 2 is 1.81 bits per heavy atom. The van der Waals surface area contributed by atoms with Gasteiger partial charge in [0, 0.05) is 11.3 Å². The molecule has 0 bridgehead atoms. The fraction of sp³-hybridized carbons (Fsp3) is 0.0500. The Morgan fingerprint density at radius 1 is 1.00 bits per heavy atom. The van der Waals surface area contributed by atoms with Crippen molar-refractivity contribution >= 4 is 44.2 Å². The highest BCUT2D eigenvalue weighted by atomic mass is 32.1. The molecule has 0 aliphatic carbocycles. The molecule has 2 N–H and O–H groups in total. The summed E-state index contributed by atoms with van der Waals surface area (Å²) >= 11 is 1.33. The maximum atomic E-state index is 12.4. The number of amides is 2. The number of anilines is 2. The van der Waals surface area contributed by atoms with E-state index in [0.29, 0.717) is 16.4 Å². The SMILES string of the molecule is Cc1ccc(C(=O)Nc2ccc3nc(NC(=O)c4ccco4)sc3c2)cc1. The minimum atomic E-state index is -0.355. The van der Waals surface area contributed by atoms with Crippen LogP contribution in [0.3, 0.4) is 0 Å². The molecule has 0 aliphatic heterocycles. The first-order valence-electron chi connectivity index (χ1n) is 8.22. The highest BCUT2D eigenvalue weighted by Gasteiger charge is 2.13. The van der Waals surface area contributed by atoms with Gasteiger partial charge in [-0.25, -0.2) is 4.98 Å². The first-order valence-corrected chi connectivity index (χ1v) is 9.03. The third-order valence-corrected chi connectivity index (χ3v) is 4.86. The van der Waals surface area contributed by atoms with Gasteiger partial charge < -0.3 is 9.73 Å². The molecule has 7 heteroatoms. The van der Waals surface area contributed by atoms with Crippen LogP contribution in [0.2, 0.25) is 0 Å². The fourth-order valence-corrected chi connectivity index (χ4v) is 3.43. The third kappa shape index (κ3) is 3.73. The summed E-state index contributed by atoms with van der Waals surface area (Å²) in [4.78, 5) is 28.8. The summed E-state index contributed by atoms with van der Waals surface area (Å²) in [6.45, 7) is 1.97. The van der Waals surface area contributed by atoms with E-state index in [9.17, 15) is 9.59 Å². The monoisotopic (exact) mass is 377 g/mol. The summed E-state index contributed by atoms with van der Waals surface area (Å²) < 4.78 is 5.92. The van der Waals surface area contributed by atoms with Crippen LogP contribution in [0.4, 0.5) is 10.8 Å². The second-order valence-corrected chi connectivity index (χ2v) is 6.98. The van der Waals surface area contributed by atoms with E-state index in [1.165, 1.54) is 17.6 Å². The van der Waals surface area contributed by atoms with Crippen LogP contribution in [0.15, 0.2) is 65.3 Å². The van der Waals surface area contributed by atoms with Gasteiger partial charge in [0.25, 0.3) is 11.8 Å². The van der Waals surface area contributed by atoms with Crippen molar-refractivity contribution in [3.05, 3.63) is 77.7 Å². The van der Waals surface area contributed by atoms with Gasteiger partial charge in [0.05, 0.1) is 16.5 Å². The molecule has 2 aromatic carbocycles. The Balaban J connectivity index is 1.51. The van der Waals surface area contributed by atoms with Crippen molar-refractivity contribution in [2.45, 2.75) is 6.92 Å². The van der Waals surface area contributed by atoms with Gasteiger partial charge in [0.2, 0.25) is 0 Å². The molecule has 0 saturated heterocycles. The number of nitrogens with zero attached hydrogens (tertiary/aromatic N) is 1. The van der Waals surface area contributed by atoms with Gasteiger partial charge in [-0.2, -0.15) is 0 Å². The number of benzene rings is 2. The molecule has 2 aromatic heterocycles. The number of hydrogen-bond donors (Lipinski definition) is 2. The fourth-order valence-electron chi connectivity index (χ4n) is 2.53. The predicted octanol–water partition coefficient (Wildman–Crippen LogP) is 4.70. The maximum absolute atomic E-state index is 12.4. The van der Waals surface area contributed by atoms with E-state index in [4.69, 9.17) is 4.42 Å². The Labute approximate surface area is 158 Å². The molecule has 2 amide bonds. The normalized spacial score (nSPS) is 10.7. The van der Waals surface area contributed by atoms with Crippen molar-refractivity contribution in [1.82, 2.24) is 4.98 Å². The number of carbonyl (C=O) groups excluding carboxylic acids is 2. The Bertz CT molecular complexity index is 1120. The lowest BCUT2D eigenvalue weighted by Gasteiger charge is -2.05. The molecular weight excluding hydrogens is 362 g/mol. The number of thiazole rings is 1. The van der Waals surface area contributed by atoms with Crippen molar-refractivity contribution in [3.63, 3.8) is 0 Å². The third-order valence-electron chi connectivity index (χ3n) is 3.93. The smallest absolute Gasteiger partial charge is 0.293 e. The Hall–Kier alpha value is -3.45. The van der Waals surface area contributed by atoms with Crippen LogP contribution >= 0.6 is 11.3 Å². The van der Waals surface area contributed by atoms with Crippen molar-refractivity contribution in [2.75, 3.05) is 10.6 Å². The van der Waals surface area contributed by atoms with Crippen LogP contribution in [0, 0.1) is 6.92 Å². The minimum Gasteiger partial charge on any atom is -0.459 e. The molecule has 0 radical (unpaired) electrons. The van der Waals surface area contributed by atoms with Gasteiger partial charge in [0.15, 0.2) is 10.9 Å². The topological polar surface area (TPSA) is 84.2 Å². The van der Waals surface area contributed by atoms with Gasteiger partial charge >= 0.3 is 0 Å². The van der Waals surface area contributed by atoms with Crippen LogP contribution in [0.5, 0.6) is 0 Å². The molecule has 0 fully saturated rings. The second kappa shape index (κ2) is 7.05. The molecular formula is C20H15N3O3S. The number of hydrogen-bond acceptors (Lipinski definition) is 5. The molecule has 0 unspecified atom stereocenters. The molecule has 0 spiro atoms. The van der Waals surface area contributed by atoms with E-state index >= 15 is 0 Å². The summed E-state index contributed by atoms with van der Waals surface area (Å²) in [7, 11) is 0. The van der Waals surface area contributed by atoms with E-state index < -0.39 is 0 Å². The number of fused-ring (bicyclic) bond motifs is 1. The molecule has 4 rings (SSSR count). The number of furan rings is 1. The largest absolute Gasteiger partial charge is 0.459 e. The molecule has 0 atom stereocenters. The first kappa shape index (κ1) is 17.0. The minimum absolute atomic E-state index is 0.176.